The van der Waals surface area contributed by atoms with E-state index in [0.717, 1.165) is 4.47 Å². The molecule has 0 fully saturated rings. The minimum Gasteiger partial charge on any atom is -0.399 e. The number of benzene rings is 5. The van der Waals surface area contributed by atoms with E-state index in [0.29, 0.717) is 142 Å². The predicted octanol–water partition coefficient (Wildman–Crippen LogP) is 15.1. The molecular weight excluding hydrogens is 1700 g/mol. The van der Waals surface area contributed by atoms with Crippen LogP contribution >= 0.6 is 49.9 Å². The normalized spacial score (nSPS) is 10.9. The Kier molecular flexibility index (Phi) is 25.4. The van der Waals surface area contributed by atoms with Crippen LogP contribution in [0.15, 0.2) is 289 Å². The van der Waals surface area contributed by atoms with E-state index in [1.807, 2.05) is 64.7 Å². The summed E-state index contributed by atoms with van der Waals surface area (Å²) in [4.78, 5) is 68.9. The standard InChI is InChI=1S/C17H11BrFN5S.C17H13FN6S.C17H13FN6.C16H12FN7S.C16H12FN7/c18-12-5-6-20-14(7-12)16-22-17(15-9-25-10-21-15)24(23-16)8-11-3-1-2-4-13(11)19;18-13-4-2-1-3-11(13)10-24-16(14-9-12(19)5-6-20-14)22-15(23-24)17-21-7-8-25-17;18-14-6-2-1-5-13(14)11-24-17(23-10-9-19-12-23)21-16(22-24)15-7-3-4-8-20-15;17-11-4-2-1-3-10(11)9-24-15(16-20-7-8-25-16)22-14(23-24)13-19-6-5-12(18)21-13;17-13-6-2-1-5-12(13)9-23-16(24-11-18-10-20-24)21-15(22-23)14-7-3-4-8-19-14/h1-7,9-10H,8H2;1-9H,10H2,(H2,19,20);1-10,12H,11H2;1-8H,9H2,(H2,18,19,21);1-8,10-11H,9H2. The lowest BCUT2D eigenvalue weighted by Gasteiger charge is -2.07. The molecule has 0 amide bonds. The van der Waals surface area contributed by atoms with Crippen LogP contribution in [0.2, 0.25) is 0 Å². The first-order valence-corrected chi connectivity index (χ1v) is 40.4. The number of thiazole rings is 3. The fraction of sp³-hybridized carbons (Fsp3) is 0.0602. The van der Waals surface area contributed by atoms with E-state index in [2.05, 4.69) is 126 Å². The molecule has 40 heteroatoms. The number of halogens is 6. The van der Waals surface area contributed by atoms with E-state index < -0.39 is 0 Å². The highest BCUT2D eigenvalue weighted by molar-refractivity contribution is 9.10. The topological polar surface area (TPSA) is 370 Å². The molecule has 20 rings (SSSR count). The highest BCUT2D eigenvalue weighted by atomic mass is 79.9. The smallest absolute Gasteiger partial charge is 0.251 e. The summed E-state index contributed by atoms with van der Waals surface area (Å²) in [6, 6.07) is 52.6. The maximum atomic E-state index is 14.0. The van der Waals surface area contributed by atoms with Gasteiger partial charge in [-0.2, -0.15) is 19.7 Å². The van der Waals surface area contributed by atoms with E-state index in [4.69, 9.17) is 11.5 Å². The quantitative estimate of drug-likeness (QED) is 0.0669. The summed E-state index contributed by atoms with van der Waals surface area (Å²) >= 11 is 7.75. The van der Waals surface area contributed by atoms with Crippen LogP contribution in [-0.4, -0.2) is 143 Å². The molecule has 4 N–H and O–H groups in total. The van der Waals surface area contributed by atoms with Crippen molar-refractivity contribution in [2.45, 2.75) is 32.7 Å². The van der Waals surface area contributed by atoms with Crippen molar-refractivity contribution in [1.29, 1.82) is 0 Å². The third-order valence-electron chi connectivity index (χ3n) is 17.6. The second-order valence-corrected chi connectivity index (χ2v) is 29.3. The molecular formula is C83H61BrF5N31S3. The second-order valence-electron chi connectivity index (χ2n) is 25.9. The molecule has 15 heterocycles. The maximum absolute atomic E-state index is 14.0. The Morgan fingerprint density at radius 3 is 1.33 bits per heavy atom. The van der Waals surface area contributed by atoms with Crippen LogP contribution in [0.25, 0.3) is 103 Å². The van der Waals surface area contributed by atoms with E-state index in [-0.39, 0.29) is 61.8 Å². The average Bonchev–Trinajstić information content (AvgIpc) is 1.68. The van der Waals surface area contributed by atoms with Gasteiger partial charge in [0.15, 0.2) is 33.3 Å². The molecule has 31 nitrogen and oxygen atoms in total. The molecule has 15 aromatic heterocycles. The lowest BCUT2D eigenvalue weighted by Crippen LogP contribution is -2.10. The Morgan fingerprint density at radius 2 is 0.821 bits per heavy atom. The Morgan fingerprint density at radius 1 is 0.350 bits per heavy atom. The number of pyridine rings is 4. The number of nitrogen functional groups attached to an aromatic ring is 2. The molecule has 123 heavy (non-hydrogen) atoms. The third kappa shape index (κ3) is 20.1. The predicted molar refractivity (Wildman–Crippen MR) is 453 cm³/mol. The molecule has 0 radical (unpaired) electrons. The molecule has 0 saturated heterocycles. The molecule has 0 spiro atoms. The van der Waals surface area contributed by atoms with Gasteiger partial charge in [-0.25, -0.2) is 95.2 Å². The first kappa shape index (κ1) is 81.2. The van der Waals surface area contributed by atoms with Crippen LogP contribution in [0, 0.1) is 29.1 Å². The largest absolute Gasteiger partial charge is 0.399 e. The molecule has 0 aliphatic heterocycles. The average molecular weight is 1760 g/mol. The highest BCUT2D eigenvalue weighted by Crippen LogP contribution is 2.30. The van der Waals surface area contributed by atoms with Gasteiger partial charge in [0.05, 0.1) is 38.2 Å². The van der Waals surface area contributed by atoms with Gasteiger partial charge in [-0.05, 0) is 84.9 Å². The lowest BCUT2D eigenvalue weighted by atomic mass is 10.2. The van der Waals surface area contributed by atoms with Crippen molar-refractivity contribution in [3.8, 4) is 103 Å². The first-order valence-electron chi connectivity index (χ1n) is 36.9. The second kappa shape index (κ2) is 38.5. The van der Waals surface area contributed by atoms with Crippen molar-refractivity contribution in [3.63, 3.8) is 0 Å². The lowest BCUT2D eigenvalue weighted by molar-refractivity contribution is 0.575. The summed E-state index contributed by atoms with van der Waals surface area (Å²) in [7, 11) is 0. The van der Waals surface area contributed by atoms with Gasteiger partial charge in [0.25, 0.3) is 5.95 Å². The summed E-state index contributed by atoms with van der Waals surface area (Å²) < 4.78 is 82.3. The number of hydrogen-bond acceptors (Lipinski definition) is 27. The molecule has 20 aromatic rings. The highest BCUT2D eigenvalue weighted by Gasteiger charge is 2.24. The molecule has 0 aliphatic carbocycles. The van der Waals surface area contributed by atoms with Gasteiger partial charge in [0.2, 0.25) is 35.1 Å². The molecule has 0 saturated carbocycles. The Balaban J connectivity index is 0.000000114. The summed E-state index contributed by atoms with van der Waals surface area (Å²) in [5.41, 5.74) is 19.7. The number of nitrogens with two attached hydrogens (primary N) is 2. The van der Waals surface area contributed by atoms with Gasteiger partial charge in [0, 0.05) is 110 Å². The Bertz CT molecular complexity index is 6510. The number of nitrogens with zero attached hydrogens (tertiary/aromatic N) is 29. The van der Waals surface area contributed by atoms with E-state index in [9.17, 15) is 22.0 Å². The molecule has 0 aliphatic rings. The van der Waals surface area contributed by atoms with Gasteiger partial charge in [-0.1, -0.05) is 119 Å². The SMILES string of the molecule is Fc1ccccc1Cn1nc(-c2cc(Br)ccn2)nc1-c1cscn1.Fc1ccccc1Cn1nc(-c2ccccn2)nc1-n1ccnc1.Fc1ccccc1Cn1nc(-c2ccccn2)nc1-n1cncn1.Nc1ccnc(-c2nc(-c3nccs3)n(Cc3ccccc3F)n2)n1.Nc1ccnc(-c2nc(-c3nccs3)nn2Cc2ccccc2F)c1. The summed E-state index contributed by atoms with van der Waals surface area (Å²) in [6.45, 7) is 1.20. The van der Waals surface area contributed by atoms with Crippen LogP contribution in [0.3, 0.4) is 0 Å². The van der Waals surface area contributed by atoms with Crippen molar-refractivity contribution in [3.05, 3.63) is 346 Å². The fourth-order valence-corrected chi connectivity index (χ4v) is 13.9. The number of imidazole rings is 1. The van der Waals surface area contributed by atoms with Crippen molar-refractivity contribution in [2.75, 3.05) is 11.5 Å². The zero-order chi connectivity index (χ0) is 84.4. The van der Waals surface area contributed by atoms with Crippen molar-refractivity contribution in [2.24, 2.45) is 0 Å². The molecule has 608 valence electrons. The molecule has 0 unspecified atom stereocenters. The Labute approximate surface area is 714 Å². The monoisotopic (exact) mass is 1760 g/mol. The van der Waals surface area contributed by atoms with Crippen molar-refractivity contribution >= 4 is 61.4 Å². The zero-order valence-corrected chi connectivity index (χ0v) is 67.8. The number of anilines is 2. The van der Waals surface area contributed by atoms with E-state index >= 15 is 0 Å². The van der Waals surface area contributed by atoms with Gasteiger partial charge in [0.1, 0.15) is 82.4 Å². The van der Waals surface area contributed by atoms with Crippen LogP contribution in [0.4, 0.5) is 33.5 Å². The van der Waals surface area contributed by atoms with Crippen molar-refractivity contribution in [1.82, 2.24) is 143 Å². The van der Waals surface area contributed by atoms with Gasteiger partial charge in [-0.3, -0.25) is 24.5 Å². The van der Waals surface area contributed by atoms with E-state index in [1.165, 1.54) is 87.9 Å². The van der Waals surface area contributed by atoms with E-state index in [1.54, 1.807) is 199 Å². The fourth-order valence-electron chi connectivity index (χ4n) is 11.8. The van der Waals surface area contributed by atoms with Gasteiger partial charge in [-0.15, -0.1) is 59.5 Å². The van der Waals surface area contributed by atoms with Crippen LogP contribution < -0.4 is 11.5 Å². The third-order valence-corrected chi connectivity index (χ3v) is 20.2. The molecule has 0 atom stereocenters. The summed E-state index contributed by atoms with van der Waals surface area (Å²) in [5, 5.41) is 33.5. The number of aromatic nitrogens is 29. The van der Waals surface area contributed by atoms with Gasteiger partial charge >= 0.3 is 0 Å². The Hall–Kier alpha value is -15.6. The maximum Gasteiger partial charge on any atom is 0.251 e. The summed E-state index contributed by atoms with van der Waals surface area (Å²) in [5.74, 6) is 4.01. The number of hydrogen-bond donors (Lipinski definition) is 2. The van der Waals surface area contributed by atoms with Gasteiger partial charge < -0.3 is 11.5 Å². The summed E-state index contributed by atoms with van der Waals surface area (Å²) in [6.07, 6.45) is 19.5. The zero-order valence-electron chi connectivity index (χ0n) is 63.8. The van der Waals surface area contributed by atoms with Crippen LogP contribution in [0.1, 0.15) is 27.8 Å². The number of rotatable bonds is 20. The van der Waals surface area contributed by atoms with Crippen LogP contribution in [-0.2, 0) is 32.7 Å². The van der Waals surface area contributed by atoms with Crippen molar-refractivity contribution < 1.29 is 22.0 Å². The first-order chi connectivity index (χ1) is 60.2. The molecule has 0 bridgehead atoms. The minimum atomic E-state index is -0.301. The molecule has 5 aromatic carbocycles. The van der Waals surface area contributed by atoms with Crippen LogP contribution in [0.5, 0.6) is 0 Å². The minimum absolute atomic E-state index is 0.219.